The molecule has 1 radical (unpaired) electrons. The van der Waals surface area contributed by atoms with Gasteiger partial charge in [0.1, 0.15) is 5.88 Å². The summed E-state index contributed by atoms with van der Waals surface area (Å²) in [7, 11) is 1.66. The molecule has 0 aromatic heterocycles. The average Bonchev–Trinajstić information content (AvgIpc) is 2.37. The Morgan fingerprint density at radius 3 is 3.09 bits per heavy atom. The normalized spacial score (nSPS) is 16.7. The second-order valence-corrected chi connectivity index (χ2v) is 2.08. The number of hydrazone groups is 1. The Balaban J connectivity index is 2.33. The second kappa shape index (κ2) is 3.40. The molecular formula is C4H7ClN5O. The number of hydrogen-bond acceptors (Lipinski definition) is 5. The van der Waals surface area contributed by atoms with Gasteiger partial charge in [0.25, 0.3) is 5.91 Å². The maximum atomic E-state index is 10.7. The van der Waals surface area contributed by atoms with E-state index in [1.165, 1.54) is 10.2 Å². The molecule has 0 atom stereocenters. The lowest BCUT2D eigenvalue weighted by Crippen LogP contribution is -2.53. The summed E-state index contributed by atoms with van der Waals surface area (Å²) in [5.41, 5.74) is 4.85. The average molecular weight is 177 g/mol. The summed E-state index contributed by atoms with van der Waals surface area (Å²) >= 11 is 5.24. The number of alkyl halides is 1. The first-order chi connectivity index (χ1) is 5.24. The van der Waals surface area contributed by atoms with Gasteiger partial charge < -0.3 is 0 Å². The molecule has 1 rings (SSSR count). The first-order valence-electron chi connectivity index (χ1n) is 2.84. The number of hydrazine groups is 3. The Morgan fingerprint density at radius 2 is 2.64 bits per heavy atom. The summed E-state index contributed by atoms with van der Waals surface area (Å²) in [5, 5.41) is 6.22. The van der Waals surface area contributed by atoms with Crippen LogP contribution in [0.5, 0.6) is 0 Å². The summed E-state index contributed by atoms with van der Waals surface area (Å²) in [5.74, 6) is -0.406. The fourth-order valence-electron chi connectivity index (χ4n) is 0.502. The Labute approximate surface area is 68.7 Å². The molecule has 1 aliphatic rings. The molecule has 7 heteroatoms. The van der Waals surface area contributed by atoms with E-state index >= 15 is 0 Å². The van der Waals surface area contributed by atoms with Gasteiger partial charge in [0.15, 0.2) is 0 Å². The van der Waals surface area contributed by atoms with Gasteiger partial charge in [0, 0.05) is 7.05 Å². The fraction of sp³-hybridized carbons (Fsp3) is 0.500. The van der Waals surface area contributed by atoms with Gasteiger partial charge in [0.2, 0.25) is 6.34 Å². The first kappa shape index (κ1) is 8.09. The van der Waals surface area contributed by atoms with Crippen molar-refractivity contribution < 1.29 is 4.79 Å². The zero-order valence-corrected chi connectivity index (χ0v) is 6.59. The van der Waals surface area contributed by atoms with Gasteiger partial charge in [-0.15, -0.1) is 16.7 Å². The highest BCUT2D eigenvalue weighted by molar-refractivity contribution is 6.27. The lowest BCUT2D eigenvalue weighted by atomic mass is 10.7. The Kier molecular flexibility index (Phi) is 2.50. The van der Waals surface area contributed by atoms with E-state index in [1.54, 1.807) is 7.05 Å². The zero-order chi connectivity index (χ0) is 8.27. The molecule has 0 spiro atoms. The Morgan fingerprint density at radius 1 is 1.91 bits per heavy atom. The van der Waals surface area contributed by atoms with Gasteiger partial charge in [0.05, 0.1) is 0 Å². The zero-order valence-electron chi connectivity index (χ0n) is 5.83. The molecule has 0 aromatic carbocycles. The number of halogens is 1. The van der Waals surface area contributed by atoms with Crippen molar-refractivity contribution in [2.45, 2.75) is 0 Å². The summed E-state index contributed by atoms with van der Waals surface area (Å²) in [6.45, 7) is 0. The van der Waals surface area contributed by atoms with Crippen LogP contribution in [0.3, 0.4) is 0 Å². The molecule has 0 aromatic rings. The monoisotopic (exact) mass is 176 g/mol. The van der Waals surface area contributed by atoms with Crippen molar-refractivity contribution in [1.29, 1.82) is 0 Å². The van der Waals surface area contributed by atoms with E-state index < -0.39 is 0 Å². The predicted octanol–water partition coefficient (Wildman–Crippen LogP) is -1.26. The number of nitrogens with one attached hydrogen (secondary N) is 2. The maximum absolute atomic E-state index is 10.7. The highest BCUT2D eigenvalue weighted by Crippen LogP contribution is 1.89. The van der Waals surface area contributed by atoms with E-state index in [0.717, 1.165) is 0 Å². The van der Waals surface area contributed by atoms with Crippen molar-refractivity contribution in [2.24, 2.45) is 5.10 Å². The van der Waals surface area contributed by atoms with Crippen molar-refractivity contribution >= 4 is 23.8 Å². The van der Waals surface area contributed by atoms with Crippen LogP contribution in [-0.2, 0) is 4.79 Å². The molecule has 0 saturated carbocycles. The minimum atomic E-state index is -0.315. The molecule has 0 aliphatic carbocycles. The molecule has 2 N–H and O–H groups in total. The SMILES string of the molecule is CN1[C]=NNN1NC(=O)CCl. The largest absolute Gasteiger partial charge is 0.272 e. The van der Waals surface area contributed by atoms with Crippen molar-refractivity contribution in [3.8, 4) is 0 Å². The molecule has 1 aliphatic heterocycles. The van der Waals surface area contributed by atoms with Crippen LogP contribution in [0.4, 0.5) is 0 Å². The molecular weight excluding hydrogens is 170 g/mol. The van der Waals surface area contributed by atoms with Crippen LogP contribution in [0.2, 0.25) is 0 Å². The van der Waals surface area contributed by atoms with Crippen molar-refractivity contribution in [1.82, 2.24) is 21.2 Å². The van der Waals surface area contributed by atoms with Gasteiger partial charge in [-0.1, -0.05) is 0 Å². The van der Waals surface area contributed by atoms with Crippen molar-refractivity contribution in [3.63, 3.8) is 0 Å². The van der Waals surface area contributed by atoms with Gasteiger partial charge in [-0.25, -0.2) is 11.0 Å². The minimum absolute atomic E-state index is 0.0913. The number of amides is 1. The number of rotatable bonds is 2. The fourth-order valence-corrected chi connectivity index (χ4v) is 0.562. The van der Waals surface area contributed by atoms with E-state index in [-0.39, 0.29) is 11.8 Å². The van der Waals surface area contributed by atoms with E-state index in [0.29, 0.717) is 0 Å². The molecule has 0 saturated heterocycles. The highest BCUT2D eigenvalue weighted by Gasteiger charge is 2.15. The number of carbonyl (C=O) groups is 1. The second-order valence-electron chi connectivity index (χ2n) is 1.82. The summed E-state index contributed by atoms with van der Waals surface area (Å²) in [6.07, 6.45) is 2.51. The minimum Gasteiger partial charge on any atom is -0.272 e. The topological polar surface area (TPSA) is 60.0 Å². The van der Waals surface area contributed by atoms with Crippen LogP contribution < -0.4 is 11.0 Å². The van der Waals surface area contributed by atoms with E-state index in [1.807, 2.05) is 0 Å². The lowest BCUT2D eigenvalue weighted by molar-refractivity contribution is -0.131. The van der Waals surface area contributed by atoms with Crippen LogP contribution >= 0.6 is 11.6 Å². The van der Waals surface area contributed by atoms with E-state index in [4.69, 9.17) is 11.6 Å². The molecule has 6 nitrogen and oxygen atoms in total. The molecule has 11 heavy (non-hydrogen) atoms. The number of hydrogen-bond donors (Lipinski definition) is 2. The third-order valence-electron chi connectivity index (χ3n) is 0.991. The Hall–Kier alpha value is -1.01. The summed E-state index contributed by atoms with van der Waals surface area (Å²) in [6, 6.07) is 0. The van der Waals surface area contributed by atoms with Crippen molar-refractivity contribution in [3.05, 3.63) is 0 Å². The van der Waals surface area contributed by atoms with Crippen LogP contribution in [-0.4, -0.2) is 35.4 Å². The van der Waals surface area contributed by atoms with E-state index in [2.05, 4.69) is 22.4 Å². The quantitative estimate of drug-likeness (QED) is 0.516. The Bertz CT molecular complexity index is 183. The highest BCUT2D eigenvalue weighted by atomic mass is 35.5. The molecule has 0 bridgehead atoms. The van der Waals surface area contributed by atoms with Gasteiger partial charge >= 0.3 is 0 Å². The third kappa shape index (κ3) is 1.95. The summed E-state index contributed by atoms with van der Waals surface area (Å²) < 4.78 is 0. The third-order valence-corrected chi connectivity index (χ3v) is 1.23. The van der Waals surface area contributed by atoms with Crippen LogP contribution in [0.15, 0.2) is 5.10 Å². The number of carbonyl (C=O) groups excluding carboxylic acids is 1. The van der Waals surface area contributed by atoms with Gasteiger partial charge in [-0.2, -0.15) is 0 Å². The molecule has 1 amide bonds. The predicted molar refractivity (Wildman–Crippen MR) is 39.0 cm³/mol. The number of nitrogens with zero attached hydrogens (tertiary/aromatic N) is 3. The molecule has 1 heterocycles. The van der Waals surface area contributed by atoms with Crippen LogP contribution in [0.1, 0.15) is 0 Å². The van der Waals surface area contributed by atoms with Crippen molar-refractivity contribution in [2.75, 3.05) is 12.9 Å². The van der Waals surface area contributed by atoms with Gasteiger partial charge in [-0.3, -0.25) is 9.80 Å². The smallest absolute Gasteiger partial charge is 0.252 e. The standard InChI is InChI=1S/C4H7ClN5O/c1-9-3-6-8-10(9)7-4(11)2-5/h8H,2H2,1H3,(H,7,11). The lowest BCUT2D eigenvalue weighted by Gasteiger charge is -2.21. The summed E-state index contributed by atoms with van der Waals surface area (Å²) in [4.78, 5) is 10.7. The van der Waals surface area contributed by atoms with E-state index in [9.17, 15) is 4.79 Å². The maximum Gasteiger partial charge on any atom is 0.252 e. The van der Waals surface area contributed by atoms with Crippen LogP contribution in [0.25, 0.3) is 0 Å². The molecule has 61 valence electrons. The first-order valence-corrected chi connectivity index (χ1v) is 3.37. The molecule has 0 unspecified atom stereocenters. The van der Waals surface area contributed by atoms with Gasteiger partial charge in [-0.05, 0) is 5.23 Å². The molecule has 0 fully saturated rings. The van der Waals surface area contributed by atoms with Crippen LogP contribution in [0, 0.1) is 0 Å².